The van der Waals surface area contributed by atoms with Gasteiger partial charge in [-0.05, 0) is 188 Å². The van der Waals surface area contributed by atoms with Crippen molar-refractivity contribution >= 4 is 163 Å². The largest absolute Gasteiger partial charge is 0.309 e. The number of hydrogen-bond acceptors (Lipinski definition) is 0. The standard InChI is InChI=1S/2C46H30N2.C34H22N2/c1-3-13-31(14-4-1)34-18-11-20-36(29-34)47-41-24-10-9-23-39(41)44-42(47)27-28-43-45(44)40-26-25-33-17-7-8-22-38(33)46(40)48(43)37-21-12-19-35(30-37)32-15-5-2-6-16-32;1-3-11-31(12-4-1)33-19-24-36(25-20-33)47-41-18-10-9-17-39(41)44-42(47)29-30-43-45(44)40-28-23-35-15-7-8-16-38(35)46(40)48(43)37-26-21-34(22-27-37)32-13-5-2-6-14-32;1-3-12-24(13-4-1)35-29-18-10-9-17-27(29)32-30(35)21-22-31-33(32)28-20-19-23-11-7-8-16-26(23)34(28)36(31)25-14-5-2-6-15-25/h2*1-30H;1-22H. The predicted octanol–water partition coefficient (Wildman–Crippen LogP) is 33.8. The summed E-state index contributed by atoms with van der Waals surface area (Å²) in [6, 6.07) is 180. The maximum absolute atomic E-state index is 2.49. The van der Waals surface area contributed by atoms with E-state index in [1.165, 1.54) is 219 Å². The molecular formula is C126H82N6. The molecule has 0 aliphatic carbocycles. The van der Waals surface area contributed by atoms with Crippen LogP contribution >= 0.6 is 0 Å². The zero-order valence-electron chi connectivity index (χ0n) is 72.0. The van der Waals surface area contributed by atoms with Crippen molar-refractivity contribution in [3.63, 3.8) is 0 Å². The van der Waals surface area contributed by atoms with Crippen molar-refractivity contribution in [1.82, 2.24) is 27.4 Å². The normalized spacial score (nSPS) is 11.8. The van der Waals surface area contributed by atoms with Gasteiger partial charge in [-0.3, -0.25) is 0 Å². The highest BCUT2D eigenvalue weighted by molar-refractivity contribution is 6.35. The van der Waals surface area contributed by atoms with Crippen LogP contribution in [0.2, 0.25) is 0 Å². The smallest absolute Gasteiger partial charge is 0.0619 e. The summed E-state index contributed by atoms with van der Waals surface area (Å²) in [5.74, 6) is 0. The molecule has 28 aromatic rings. The van der Waals surface area contributed by atoms with Gasteiger partial charge in [0.25, 0.3) is 0 Å². The van der Waals surface area contributed by atoms with E-state index in [-0.39, 0.29) is 0 Å². The van der Waals surface area contributed by atoms with Crippen LogP contribution in [0.5, 0.6) is 0 Å². The lowest BCUT2D eigenvalue weighted by Crippen LogP contribution is -1.96. The van der Waals surface area contributed by atoms with Crippen molar-refractivity contribution < 1.29 is 0 Å². The second-order valence-electron chi connectivity index (χ2n) is 34.5. The van der Waals surface area contributed by atoms with Crippen molar-refractivity contribution in [2.75, 3.05) is 0 Å². The highest BCUT2D eigenvalue weighted by Crippen LogP contribution is 2.50. The van der Waals surface area contributed by atoms with Gasteiger partial charge in [0.05, 0.1) is 66.2 Å². The second-order valence-corrected chi connectivity index (χ2v) is 34.5. The molecule has 6 nitrogen and oxygen atoms in total. The molecule has 616 valence electrons. The van der Waals surface area contributed by atoms with Gasteiger partial charge < -0.3 is 27.4 Å². The van der Waals surface area contributed by atoms with Crippen molar-refractivity contribution in [2.45, 2.75) is 0 Å². The lowest BCUT2D eigenvalue weighted by atomic mass is 10.0. The van der Waals surface area contributed by atoms with Crippen molar-refractivity contribution in [3.8, 4) is 78.6 Å². The fraction of sp³-hybridized carbons (Fsp3) is 0. The van der Waals surface area contributed by atoms with Crippen LogP contribution < -0.4 is 0 Å². The first-order chi connectivity index (χ1) is 65.6. The molecule has 0 fully saturated rings. The average molecular weight is 1680 g/mol. The predicted molar refractivity (Wildman–Crippen MR) is 560 cm³/mol. The molecule has 0 atom stereocenters. The Morgan fingerprint density at radius 3 is 0.659 bits per heavy atom. The van der Waals surface area contributed by atoms with Gasteiger partial charge in [0.2, 0.25) is 0 Å². The minimum absolute atomic E-state index is 1.16. The molecule has 0 amide bonds. The van der Waals surface area contributed by atoms with Gasteiger partial charge in [-0.1, -0.05) is 370 Å². The molecule has 0 saturated carbocycles. The van der Waals surface area contributed by atoms with Crippen LogP contribution in [-0.4, -0.2) is 27.4 Å². The van der Waals surface area contributed by atoms with E-state index < -0.39 is 0 Å². The number of hydrogen-bond donors (Lipinski definition) is 0. The Hall–Kier alpha value is -17.6. The Morgan fingerprint density at radius 1 is 0.106 bits per heavy atom. The van der Waals surface area contributed by atoms with Crippen LogP contribution in [0.3, 0.4) is 0 Å². The molecule has 0 saturated heterocycles. The molecule has 0 aliphatic rings. The number of nitrogens with zero attached hydrogens (tertiary/aromatic N) is 6. The summed E-state index contributed by atoms with van der Waals surface area (Å²) in [5, 5.41) is 22.9. The molecule has 0 spiro atoms. The molecule has 28 rings (SSSR count). The molecule has 6 aromatic heterocycles. The van der Waals surface area contributed by atoms with Crippen LogP contribution in [0.15, 0.2) is 497 Å². The van der Waals surface area contributed by atoms with E-state index >= 15 is 0 Å². The topological polar surface area (TPSA) is 29.6 Å². The highest BCUT2D eigenvalue weighted by Gasteiger charge is 2.27. The number of para-hydroxylation sites is 5. The maximum Gasteiger partial charge on any atom is 0.0619 e. The van der Waals surface area contributed by atoms with Crippen LogP contribution in [0.4, 0.5) is 0 Å². The van der Waals surface area contributed by atoms with Crippen molar-refractivity contribution in [2.24, 2.45) is 0 Å². The van der Waals surface area contributed by atoms with E-state index in [9.17, 15) is 0 Å². The van der Waals surface area contributed by atoms with Crippen LogP contribution in [-0.2, 0) is 0 Å². The third kappa shape index (κ3) is 12.2. The third-order valence-electron chi connectivity index (χ3n) is 27.3. The Bertz CT molecular complexity index is 9410. The number of rotatable bonds is 10. The molecular weight excluding hydrogens is 1600 g/mol. The minimum atomic E-state index is 1.16. The van der Waals surface area contributed by atoms with Gasteiger partial charge >= 0.3 is 0 Å². The Morgan fingerprint density at radius 2 is 0.318 bits per heavy atom. The van der Waals surface area contributed by atoms with Gasteiger partial charge in [-0.2, -0.15) is 0 Å². The molecule has 0 bridgehead atoms. The summed E-state index contributed by atoms with van der Waals surface area (Å²) >= 11 is 0. The van der Waals surface area contributed by atoms with Gasteiger partial charge in [-0.25, -0.2) is 0 Å². The first-order valence-corrected chi connectivity index (χ1v) is 45.5. The summed E-state index contributed by atoms with van der Waals surface area (Å²) < 4.78 is 14.7. The van der Waals surface area contributed by atoms with Crippen LogP contribution in [0.25, 0.3) is 242 Å². The molecule has 0 aliphatic heterocycles. The van der Waals surface area contributed by atoms with Crippen LogP contribution in [0, 0.1) is 0 Å². The second kappa shape index (κ2) is 31.2. The first-order valence-electron chi connectivity index (χ1n) is 45.5. The SMILES string of the molecule is c1ccc(-c2ccc(-n3c4ccccc4c4c5c6ccc7ccccc7c6n(-c6ccc(-c7ccccc7)cc6)c5ccc43)cc2)cc1.c1ccc(-c2cccc(-n3c4ccccc4c4c5c6ccc7ccccc7c6n(-c6cccc(-c7ccccc7)c6)c5ccc43)c2)cc1.c1ccc(-n2c3ccccc3c3c4c5ccc6ccccc6c5n(-c5ccccc5)c4ccc32)cc1. The van der Waals surface area contributed by atoms with Gasteiger partial charge in [-0.15, -0.1) is 0 Å². The summed E-state index contributed by atoms with van der Waals surface area (Å²) in [6.45, 7) is 0. The number of aromatic nitrogens is 6. The quantitative estimate of drug-likeness (QED) is 0.131. The zero-order chi connectivity index (χ0) is 86.9. The lowest BCUT2D eigenvalue weighted by Gasteiger charge is -2.12. The van der Waals surface area contributed by atoms with E-state index in [0.717, 1.165) is 22.7 Å². The minimum Gasteiger partial charge on any atom is -0.309 e. The van der Waals surface area contributed by atoms with Gasteiger partial charge in [0, 0.05) is 115 Å². The molecule has 132 heavy (non-hydrogen) atoms. The summed E-state index contributed by atoms with van der Waals surface area (Å²) in [4.78, 5) is 0. The molecule has 0 N–H and O–H groups in total. The fourth-order valence-corrected chi connectivity index (χ4v) is 21.6. The van der Waals surface area contributed by atoms with E-state index in [4.69, 9.17) is 0 Å². The molecule has 6 heterocycles. The summed E-state index contributed by atoms with van der Waals surface area (Å²) in [6.07, 6.45) is 0. The molecule has 6 heteroatoms. The lowest BCUT2D eigenvalue weighted by molar-refractivity contribution is 1.17. The Labute approximate surface area is 761 Å². The van der Waals surface area contributed by atoms with Gasteiger partial charge in [0.1, 0.15) is 0 Å². The molecule has 0 unspecified atom stereocenters. The Kier molecular flexibility index (Phi) is 17.9. The van der Waals surface area contributed by atoms with Crippen molar-refractivity contribution in [3.05, 3.63) is 497 Å². The Balaban J connectivity index is 0.000000105. The van der Waals surface area contributed by atoms with E-state index in [2.05, 4.69) is 525 Å². The average Bonchev–Trinajstić information content (AvgIpc) is 1.55. The molecule has 0 radical (unpaired) electrons. The monoisotopic (exact) mass is 1680 g/mol. The third-order valence-corrected chi connectivity index (χ3v) is 27.3. The van der Waals surface area contributed by atoms with Crippen LogP contribution in [0.1, 0.15) is 0 Å². The van der Waals surface area contributed by atoms with E-state index in [1.807, 2.05) is 0 Å². The highest BCUT2D eigenvalue weighted by atomic mass is 15.0. The van der Waals surface area contributed by atoms with E-state index in [0.29, 0.717) is 0 Å². The van der Waals surface area contributed by atoms with Gasteiger partial charge in [0.15, 0.2) is 0 Å². The summed E-state index contributed by atoms with van der Waals surface area (Å²) in [7, 11) is 0. The summed E-state index contributed by atoms with van der Waals surface area (Å²) in [5.41, 5.74) is 31.4. The molecule has 22 aromatic carbocycles. The number of fused-ring (bicyclic) bond motifs is 27. The maximum atomic E-state index is 2.49. The zero-order valence-corrected chi connectivity index (χ0v) is 72.0. The fourth-order valence-electron chi connectivity index (χ4n) is 21.6. The van der Waals surface area contributed by atoms with Crippen molar-refractivity contribution in [1.29, 1.82) is 0 Å². The first kappa shape index (κ1) is 75.7. The number of benzene rings is 22. The van der Waals surface area contributed by atoms with E-state index in [1.54, 1.807) is 0 Å².